The van der Waals surface area contributed by atoms with E-state index in [4.69, 9.17) is 27.7 Å². The van der Waals surface area contributed by atoms with Crippen LogP contribution in [0.15, 0.2) is 12.1 Å². The Morgan fingerprint density at radius 3 is 2.90 bits per heavy atom. The van der Waals surface area contributed by atoms with Crippen molar-refractivity contribution in [2.24, 2.45) is 5.73 Å². The van der Waals surface area contributed by atoms with E-state index in [0.717, 1.165) is 52.8 Å². The summed E-state index contributed by atoms with van der Waals surface area (Å²) in [6.45, 7) is 3.75. The van der Waals surface area contributed by atoms with Crippen LogP contribution < -0.4 is 5.73 Å². The number of hydrogen-bond donors (Lipinski definition) is 2. The first-order chi connectivity index (χ1) is 9.47. The summed E-state index contributed by atoms with van der Waals surface area (Å²) in [4.78, 5) is 7.02. The maximum absolute atomic E-state index is 7.95. The first kappa shape index (κ1) is 13.3. The van der Waals surface area contributed by atoms with Crippen molar-refractivity contribution in [3.05, 3.63) is 39.5 Å². The van der Waals surface area contributed by atoms with Gasteiger partial charge in [0.2, 0.25) is 0 Å². The van der Waals surface area contributed by atoms with E-state index in [1.165, 1.54) is 0 Å². The van der Waals surface area contributed by atoms with Crippen molar-refractivity contribution >= 4 is 28.3 Å². The molecule has 1 aliphatic heterocycles. The molecule has 0 atom stereocenters. The van der Waals surface area contributed by atoms with Crippen molar-refractivity contribution in [3.8, 4) is 0 Å². The second-order valence-corrected chi connectivity index (χ2v) is 5.87. The number of fused-ring (bicyclic) bond motifs is 2. The number of nitrogens with two attached hydrogens (primary N) is 1. The molecular weight excluding hydrogens is 272 g/mol. The SMILES string of the molecule is Cc1cc(Cl)cc2c(C(=N)N)c3c(nc12)CCN(C)C3. The largest absolute Gasteiger partial charge is 0.384 e. The second kappa shape index (κ2) is 4.72. The van der Waals surface area contributed by atoms with Gasteiger partial charge in [-0.15, -0.1) is 0 Å². The minimum atomic E-state index is 0.0885. The molecule has 0 unspecified atom stereocenters. The molecule has 104 valence electrons. The lowest BCUT2D eigenvalue weighted by atomic mass is 9.94. The Bertz CT molecular complexity index is 724. The minimum Gasteiger partial charge on any atom is -0.384 e. The van der Waals surface area contributed by atoms with Crippen LogP contribution in [0.5, 0.6) is 0 Å². The van der Waals surface area contributed by atoms with Crippen LogP contribution in [0, 0.1) is 12.3 Å². The van der Waals surface area contributed by atoms with Crippen molar-refractivity contribution < 1.29 is 0 Å². The van der Waals surface area contributed by atoms with Gasteiger partial charge in [-0.1, -0.05) is 11.6 Å². The van der Waals surface area contributed by atoms with Gasteiger partial charge in [-0.25, -0.2) is 0 Å². The number of benzene rings is 1. The quantitative estimate of drug-likeness (QED) is 0.626. The van der Waals surface area contributed by atoms with Crippen molar-refractivity contribution in [2.75, 3.05) is 13.6 Å². The molecule has 4 nitrogen and oxygen atoms in total. The van der Waals surface area contributed by atoms with Gasteiger partial charge >= 0.3 is 0 Å². The molecule has 0 amide bonds. The van der Waals surface area contributed by atoms with Crippen LogP contribution in [-0.2, 0) is 13.0 Å². The van der Waals surface area contributed by atoms with Crippen molar-refractivity contribution in [1.82, 2.24) is 9.88 Å². The average Bonchev–Trinajstić information content (AvgIpc) is 2.36. The fourth-order valence-electron chi connectivity index (χ4n) is 2.91. The highest BCUT2D eigenvalue weighted by atomic mass is 35.5. The Kier molecular flexibility index (Phi) is 3.15. The van der Waals surface area contributed by atoms with E-state index in [1.807, 2.05) is 19.1 Å². The number of hydrogen-bond acceptors (Lipinski definition) is 3. The fourth-order valence-corrected chi connectivity index (χ4v) is 3.19. The topological polar surface area (TPSA) is 66.0 Å². The Balaban J connectivity index is 2.42. The number of nitrogens with one attached hydrogen (secondary N) is 1. The predicted molar refractivity (Wildman–Crippen MR) is 82.5 cm³/mol. The smallest absolute Gasteiger partial charge is 0.123 e. The molecule has 2 heterocycles. The van der Waals surface area contributed by atoms with Gasteiger partial charge in [0.15, 0.2) is 0 Å². The fraction of sp³-hybridized carbons (Fsp3) is 0.333. The maximum Gasteiger partial charge on any atom is 0.123 e. The molecule has 0 spiro atoms. The third-order valence-electron chi connectivity index (χ3n) is 3.86. The summed E-state index contributed by atoms with van der Waals surface area (Å²) < 4.78 is 0. The van der Waals surface area contributed by atoms with Crippen LogP contribution in [0.2, 0.25) is 5.02 Å². The van der Waals surface area contributed by atoms with Crippen LogP contribution in [0.25, 0.3) is 10.9 Å². The van der Waals surface area contributed by atoms with Crippen LogP contribution in [-0.4, -0.2) is 29.3 Å². The molecular formula is C15H17ClN4. The minimum absolute atomic E-state index is 0.0885. The van der Waals surface area contributed by atoms with Gasteiger partial charge in [0.05, 0.1) is 5.52 Å². The summed E-state index contributed by atoms with van der Waals surface area (Å²) in [6.07, 6.45) is 0.893. The van der Waals surface area contributed by atoms with Gasteiger partial charge < -0.3 is 10.6 Å². The molecule has 1 aliphatic rings. The van der Waals surface area contributed by atoms with Gasteiger partial charge in [-0.05, 0) is 37.2 Å². The van der Waals surface area contributed by atoms with Crippen molar-refractivity contribution in [2.45, 2.75) is 19.9 Å². The lowest BCUT2D eigenvalue weighted by Gasteiger charge is -2.27. The third kappa shape index (κ3) is 2.05. The van der Waals surface area contributed by atoms with Crippen LogP contribution in [0.4, 0.5) is 0 Å². The van der Waals surface area contributed by atoms with Gasteiger partial charge in [-0.2, -0.15) is 0 Å². The number of aryl methyl sites for hydroxylation is 1. The highest BCUT2D eigenvalue weighted by Crippen LogP contribution is 2.31. The number of halogens is 1. The van der Waals surface area contributed by atoms with Crippen molar-refractivity contribution in [3.63, 3.8) is 0 Å². The molecule has 20 heavy (non-hydrogen) atoms. The van der Waals surface area contributed by atoms with Gasteiger partial charge in [-0.3, -0.25) is 10.4 Å². The monoisotopic (exact) mass is 288 g/mol. The zero-order valence-corrected chi connectivity index (χ0v) is 12.4. The van der Waals surface area contributed by atoms with E-state index in [9.17, 15) is 0 Å². The number of amidine groups is 1. The summed E-state index contributed by atoms with van der Waals surface area (Å²) in [7, 11) is 2.07. The summed E-state index contributed by atoms with van der Waals surface area (Å²) >= 11 is 6.16. The molecule has 0 fully saturated rings. The molecule has 5 heteroatoms. The van der Waals surface area contributed by atoms with E-state index in [1.54, 1.807) is 0 Å². The molecule has 1 aromatic heterocycles. The van der Waals surface area contributed by atoms with Crippen LogP contribution in [0.3, 0.4) is 0 Å². The third-order valence-corrected chi connectivity index (χ3v) is 4.08. The first-order valence-electron chi connectivity index (χ1n) is 6.62. The molecule has 3 N–H and O–H groups in total. The van der Waals surface area contributed by atoms with Gasteiger partial charge in [0.25, 0.3) is 0 Å². The number of pyridine rings is 1. The Morgan fingerprint density at radius 2 is 2.20 bits per heavy atom. The number of nitrogen functional groups attached to an aromatic ring is 1. The molecule has 0 saturated heterocycles. The van der Waals surface area contributed by atoms with Gasteiger partial charge in [0, 0.05) is 41.2 Å². The zero-order chi connectivity index (χ0) is 14.4. The maximum atomic E-state index is 7.95. The standard InChI is InChI=1S/C15H17ClN4/c1-8-5-9(16)6-10-13(15(17)18)11-7-20(2)4-3-12(11)19-14(8)10/h5-6H,3-4,7H2,1-2H3,(H3,17,18). The molecule has 0 aliphatic carbocycles. The zero-order valence-electron chi connectivity index (χ0n) is 11.6. The summed E-state index contributed by atoms with van der Waals surface area (Å²) in [5.74, 6) is 0.0885. The van der Waals surface area contributed by atoms with E-state index in [2.05, 4.69) is 11.9 Å². The number of rotatable bonds is 1. The highest BCUT2D eigenvalue weighted by molar-refractivity contribution is 6.31. The Morgan fingerprint density at radius 1 is 1.45 bits per heavy atom. The first-order valence-corrected chi connectivity index (χ1v) is 6.99. The van der Waals surface area contributed by atoms with Gasteiger partial charge in [0.1, 0.15) is 5.84 Å². The molecule has 3 rings (SSSR count). The van der Waals surface area contributed by atoms with Crippen LogP contribution in [0.1, 0.15) is 22.4 Å². The Labute approximate surface area is 123 Å². The number of nitrogens with zero attached hydrogens (tertiary/aromatic N) is 2. The molecule has 0 radical (unpaired) electrons. The molecule has 0 saturated carbocycles. The van der Waals surface area contributed by atoms with E-state index in [0.29, 0.717) is 5.02 Å². The van der Waals surface area contributed by atoms with Crippen molar-refractivity contribution in [1.29, 1.82) is 5.41 Å². The van der Waals surface area contributed by atoms with Crippen LogP contribution >= 0.6 is 11.6 Å². The summed E-state index contributed by atoms with van der Waals surface area (Å²) in [6, 6.07) is 3.77. The average molecular weight is 289 g/mol. The normalized spacial score (nSPS) is 15.3. The molecule has 2 aromatic rings. The van der Waals surface area contributed by atoms with E-state index >= 15 is 0 Å². The lowest BCUT2D eigenvalue weighted by Crippen LogP contribution is -2.30. The number of likely N-dealkylation sites (N-methyl/N-ethyl adjacent to an activating group) is 1. The summed E-state index contributed by atoms with van der Waals surface area (Å²) in [5, 5.41) is 9.49. The summed E-state index contributed by atoms with van der Waals surface area (Å²) in [5.41, 5.74) is 10.7. The van der Waals surface area contributed by atoms with E-state index in [-0.39, 0.29) is 5.84 Å². The van der Waals surface area contributed by atoms with E-state index < -0.39 is 0 Å². The molecule has 1 aromatic carbocycles. The second-order valence-electron chi connectivity index (χ2n) is 5.43. The number of aromatic nitrogens is 1. The predicted octanol–water partition coefficient (Wildman–Crippen LogP) is 2.47. The molecule has 0 bridgehead atoms. The Hall–Kier alpha value is -1.65. The lowest BCUT2D eigenvalue weighted by molar-refractivity contribution is 0.310. The highest BCUT2D eigenvalue weighted by Gasteiger charge is 2.22.